The zero-order valence-electron chi connectivity index (χ0n) is 12.7. The minimum absolute atomic E-state index is 0.0443. The van der Waals surface area contributed by atoms with Gasteiger partial charge in [-0.25, -0.2) is 4.79 Å². The van der Waals surface area contributed by atoms with Gasteiger partial charge in [-0.1, -0.05) is 26.2 Å². The van der Waals surface area contributed by atoms with Crippen LogP contribution < -0.4 is 5.32 Å². The molecule has 1 aliphatic heterocycles. The quantitative estimate of drug-likeness (QED) is 0.837. The first-order chi connectivity index (χ1) is 10.1. The second-order valence-corrected chi connectivity index (χ2v) is 7.26. The van der Waals surface area contributed by atoms with Gasteiger partial charge in [0.15, 0.2) is 0 Å². The maximum absolute atomic E-state index is 12.5. The highest BCUT2D eigenvalue weighted by atomic mass is 32.2. The first kappa shape index (κ1) is 16.5. The van der Waals surface area contributed by atoms with E-state index in [0.717, 1.165) is 30.3 Å². The molecule has 3 unspecified atom stereocenters. The Kier molecular flexibility index (Phi) is 6.21. The Labute approximate surface area is 130 Å². The average Bonchev–Trinajstić information content (AvgIpc) is 2.47. The number of aliphatic carboxylic acids is 1. The van der Waals surface area contributed by atoms with Crippen LogP contribution in [0.1, 0.15) is 45.4 Å². The van der Waals surface area contributed by atoms with Gasteiger partial charge >= 0.3 is 12.0 Å². The second kappa shape index (κ2) is 7.92. The predicted molar refractivity (Wildman–Crippen MR) is 84.6 cm³/mol. The van der Waals surface area contributed by atoms with Crippen LogP contribution in [0.5, 0.6) is 0 Å². The number of carbonyl (C=O) groups is 2. The number of urea groups is 1. The molecule has 6 heteroatoms. The summed E-state index contributed by atoms with van der Waals surface area (Å²) in [6.07, 6.45) is 5.78. The molecule has 2 rings (SSSR count). The van der Waals surface area contributed by atoms with E-state index >= 15 is 0 Å². The maximum atomic E-state index is 12.5. The average molecular weight is 314 g/mol. The molecule has 1 heterocycles. The lowest BCUT2D eigenvalue weighted by atomic mass is 9.84. The minimum Gasteiger partial charge on any atom is -0.481 e. The van der Waals surface area contributed by atoms with Crippen LogP contribution in [0.15, 0.2) is 0 Å². The molecular weight excluding hydrogens is 288 g/mol. The van der Waals surface area contributed by atoms with Crippen LogP contribution >= 0.6 is 11.8 Å². The first-order valence-electron chi connectivity index (χ1n) is 7.96. The Bertz CT molecular complexity index is 378. The largest absolute Gasteiger partial charge is 0.481 e. The van der Waals surface area contributed by atoms with E-state index in [1.54, 1.807) is 16.7 Å². The van der Waals surface area contributed by atoms with E-state index in [-0.39, 0.29) is 24.5 Å². The summed E-state index contributed by atoms with van der Waals surface area (Å²) in [5.41, 5.74) is 0. The monoisotopic (exact) mass is 314 g/mol. The Balaban J connectivity index is 1.89. The van der Waals surface area contributed by atoms with Crippen molar-refractivity contribution in [3.63, 3.8) is 0 Å². The normalized spacial score (nSPS) is 30.0. The standard InChI is InChI=1S/C15H26N2O3S/c1-2-11-4-3-5-12(8-11)16-15(20)17-6-7-21-10-13(17)9-14(18)19/h11-13H,2-10H2,1H3,(H,16,20)(H,18,19). The van der Waals surface area contributed by atoms with Crippen molar-refractivity contribution in [1.29, 1.82) is 0 Å². The van der Waals surface area contributed by atoms with Gasteiger partial charge in [0, 0.05) is 24.1 Å². The van der Waals surface area contributed by atoms with Crippen LogP contribution in [0.3, 0.4) is 0 Å². The van der Waals surface area contributed by atoms with Crippen LogP contribution in [-0.4, -0.2) is 52.1 Å². The van der Waals surface area contributed by atoms with Crippen molar-refractivity contribution in [3.8, 4) is 0 Å². The van der Waals surface area contributed by atoms with Gasteiger partial charge < -0.3 is 15.3 Å². The highest BCUT2D eigenvalue weighted by molar-refractivity contribution is 7.99. The third-order valence-electron chi connectivity index (χ3n) is 4.59. The predicted octanol–water partition coefficient (Wildman–Crippen LogP) is 2.56. The summed E-state index contributed by atoms with van der Waals surface area (Å²) in [5.74, 6) is 1.51. The number of rotatable bonds is 4. The Hall–Kier alpha value is -0.910. The molecular formula is C15H26N2O3S. The van der Waals surface area contributed by atoms with E-state index in [9.17, 15) is 9.59 Å². The number of nitrogens with zero attached hydrogens (tertiary/aromatic N) is 1. The molecule has 2 amide bonds. The molecule has 120 valence electrons. The van der Waals surface area contributed by atoms with Crippen molar-refractivity contribution in [3.05, 3.63) is 0 Å². The molecule has 0 aromatic rings. The van der Waals surface area contributed by atoms with Crippen molar-refractivity contribution in [2.45, 2.75) is 57.5 Å². The summed E-state index contributed by atoms with van der Waals surface area (Å²) in [7, 11) is 0. The molecule has 5 nitrogen and oxygen atoms in total. The summed E-state index contributed by atoms with van der Waals surface area (Å²) < 4.78 is 0. The lowest BCUT2D eigenvalue weighted by Gasteiger charge is -2.37. The number of carboxylic acid groups (broad SMARTS) is 1. The second-order valence-electron chi connectivity index (χ2n) is 6.11. The molecule has 1 aliphatic carbocycles. The van der Waals surface area contributed by atoms with E-state index < -0.39 is 5.97 Å². The molecule has 0 radical (unpaired) electrons. The molecule has 3 atom stereocenters. The van der Waals surface area contributed by atoms with E-state index in [1.165, 1.54) is 19.3 Å². The first-order valence-corrected chi connectivity index (χ1v) is 9.12. The number of carboxylic acids is 1. The topological polar surface area (TPSA) is 69.6 Å². The number of amides is 2. The summed E-state index contributed by atoms with van der Waals surface area (Å²) in [5, 5.41) is 12.1. The molecule has 0 spiro atoms. The van der Waals surface area contributed by atoms with Gasteiger partial charge in [0.2, 0.25) is 0 Å². The van der Waals surface area contributed by atoms with Crippen LogP contribution in [0.4, 0.5) is 4.79 Å². The molecule has 0 bridgehead atoms. The van der Waals surface area contributed by atoms with Gasteiger partial charge in [-0.15, -0.1) is 0 Å². The van der Waals surface area contributed by atoms with E-state index in [1.807, 2.05) is 0 Å². The zero-order chi connectivity index (χ0) is 15.2. The van der Waals surface area contributed by atoms with Crippen LogP contribution in [-0.2, 0) is 4.79 Å². The van der Waals surface area contributed by atoms with Crippen molar-refractivity contribution in [2.75, 3.05) is 18.1 Å². The third-order valence-corrected chi connectivity index (χ3v) is 5.68. The van der Waals surface area contributed by atoms with E-state index in [0.29, 0.717) is 6.54 Å². The third kappa shape index (κ3) is 4.80. The lowest BCUT2D eigenvalue weighted by Crippen LogP contribution is -2.53. The smallest absolute Gasteiger partial charge is 0.317 e. The van der Waals surface area contributed by atoms with Gasteiger partial charge in [0.25, 0.3) is 0 Å². The maximum Gasteiger partial charge on any atom is 0.317 e. The fourth-order valence-corrected chi connectivity index (χ4v) is 4.41. The fourth-order valence-electron chi connectivity index (χ4n) is 3.34. The van der Waals surface area contributed by atoms with E-state index in [4.69, 9.17) is 5.11 Å². The molecule has 2 fully saturated rings. The molecule has 0 aromatic heterocycles. The van der Waals surface area contributed by atoms with Crippen LogP contribution in [0, 0.1) is 5.92 Å². The summed E-state index contributed by atoms with van der Waals surface area (Å²) >= 11 is 1.73. The summed E-state index contributed by atoms with van der Waals surface area (Å²) in [6.45, 7) is 2.86. The number of carbonyl (C=O) groups excluding carboxylic acids is 1. The van der Waals surface area contributed by atoms with Crippen LogP contribution in [0.2, 0.25) is 0 Å². The highest BCUT2D eigenvalue weighted by Gasteiger charge is 2.31. The van der Waals surface area contributed by atoms with Gasteiger partial charge in [0.05, 0.1) is 12.5 Å². The summed E-state index contributed by atoms with van der Waals surface area (Å²) in [6, 6.07) is 0.0198. The number of hydrogen-bond acceptors (Lipinski definition) is 3. The molecule has 21 heavy (non-hydrogen) atoms. The zero-order valence-corrected chi connectivity index (χ0v) is 13.5. The Morgan fingerprint density at radius 2 is 2.19 bits per heavy atom. The molecule has 1 saturated heterocycles. The van der Waals surface area contributed by atoms with E-state index in [2.05, 4.69) is 12.2 Å². The Morgan fingerprint density at radius 3 is 2.90 bits per heavy atom. The Morgan fingerprint density at radius 1 is 1.38 bits per heavy atom. The summed E-state index contributed by atoms with van der Waals surface area (Å²) in [4.78, 5) is 25.1. The van der Waals surface area contributed by atoms with Crippen molar-refractivity contribution >= 4 is 23.8 Å². The number of nitrogens with one attached hydrogen (secondary N) is 1. The minimum atomic E-state index is -0.830. The molecule has 2 aliphatic rings. The SMILES string of the molecule is CCC1CCCC(NC(=O)N2CCSCC2CC(=O)O)C1. The molecule has 2 N–H and O–H groups in total. The fraction of sp³-hybridized carbons (Fsp3) is 0.867. The van der Waals surface area contributed by atoms with Gasteiger partial charge in [-0.3, -0.25) is 4.79 Å². The van der Waals surface area contributed by atoms with Crippen molar-refractivity contribution in [1.82, 2.24) is 10.2 Å². The lowest BCUT2D eigenvalue weighted by molar-refractivity contribution is -0.138. The number of hydrogen-bond donors (Lipinski definition) is 2. The van der Waals surface area contributed by atoms with Gasteiger partial charge in [-0.05, 0) is 18.8 Å². The van der Waals surface area contributed by atoms with Crippen LogP contribution in [0.25, 0.3) is 0 Å². The van der Waals surface area contributed by atoms with Gasteiger partial charge in [0.1, 0.15) is 0 Å². The van der Waals surface area contributed by atoms with Crippen molar-refractivity contribution in [2.24, 2.45) is 5.92 Å². The molecule has 0 aromatic carbocycles. The van der Waals surface area contributed by atoms with Crippen molar-refractivity contribution < 1.29 is 14.7 Å². The highest BCUT2D eigenvalue weighted by Crippen LogP contribution is 2.27. The number of thioether (sulfide) groups is 1. The van der Waals surface area contributed by atoms with Gasteiger partial charge in [-0.2, -0.15) is 11.8 Å². The molecule has 1 saturated carbocycles.